The molecular weight excluding hydrogens is 368 g/mol. The molecule has 27 heavy (non-hydrogen) atoms. The summed E-state index contributed by atoms with van der Waals surface area (Å²) < 4.78 is 26.9. The average Bonchev–Trinajstić information content (AvgIpc) is 3.44. The van der Waals surface area contributed by atoms with Crippen molar-refractivity contribution in [1.82, 2.24) is 9.21 Å². The van der Waals surface area contributed by atoms with E-state index in [9.17, 15) is 23.1 Å². The Hall–Kier alpha value is -1.93. The summed E-state index contributed by atoms with van der Waals surface area (Å²) in [6, 6.07) is 4.60. The minimum atomic E-state index is -3.67. The van der Waals surface area contributed by atoms with E-state index in [1.165, 1.54) is 16.4 Å². The Labute approximate surface area is 161 Å². The Morgan fingerprint density at radius 1 is 1.22 bits per heavy atom. The van der Waals surface area contributed by atoms with Crippen LogP contribution in [-0.2, 0) is 14.8 Å². The molecule has 0 heterocycles. The van der Waals surface area contributed by atoms with Gasteiger partial charge in [0.05, 0.1) is 10.8 Å². The predicted molar refractivity (Wildman–Crippen MR) is 102 cm³/mol. The number of carbonyl (C=O) groups excluding carboxylic acids is 1. The zero-order valence-electron chi connectivity index (χ0n) is 16.3. The molecule has 1 fully saturated rings. The Kier molecular flexibility index (Phi) is 6.64. The molecule has 1 saturated carbocycles. The van der Waals surface area contributed by atoms with Gasteiger partial charge in [0.1, 0.15) is 0 Å². The van der Waals surface area contributed by atoms with Crippen molar-refractivity contribution in [2.24, 2.45) is 5.92 Å². The number of aliphatic carboxylic acids is 1. The van der Waals surface area contributed by atoms with Gasteiger partial charge in [-0.1, -0.05) is 26.8 Å². The van der Waals surface area contributed by atoms with Gasteiger partial charge < -0.3 is 10.0 Å². The number of carbonyl (C=O) groups is 2. The first-order chi connectivity index (χ1) is 12.6. The van der Waals surface area contributed by atoms with Crippen molar-refractivity contribution in [3.8, 4) is 0 Å². The fourth-order valence-corrected chi connectivity index (χ4v) is 4.50. The van der Waals surface area contributed by atoms with Gasteiger partial charge in [-0.25, -0.2) is 8.42 Å². The van der Waals surface area contributed by atoms with Crippen molar-refractivity contribution >= 4 is 21.9 Å². The quantitative estimate of drug-likeness (QED) is 0.691. The molecule has 1 amide bonds. The molecule has 0 bridgehead atoms. The monoisotopic (exact) mass is 396 g/mol. The summed E-state index contributed by atoms with van der Waals surface area (Å²) in [5, 5.41) is 9.18. The van der Waals surface area contributed by atoms with E-state index in [2.05, 4.69) is 0 Å². The van der Waals surface area contributed by atoms with Crippen LogP contribution < -0.4 is 0 Å². The summed E-state index contributed by atoms with van der Waals surface area (Å²) in [6.45, 7) is 7.67. The molecule has 0 spiro atoms. The molecule has 2 rings (SSSR count). The van der Waals surface area contributed by atoms with Gasteiger partial charge in [-0.3, -0.25) is 9.59 Å². The second-order valence-electron chi connectivity index (χ2n) is 6.99. The van der Waals surface area contributed by atoms with Crippen molar-refractivity contribution < 1.29 is 23.1 Å². The molecule has 1 aliphatic rings. The first-order valence-electron chi connectivity index (χ1n) is 9.28. The number of rotatable bonds is 9. The predicted octanol–water partition coefficient (Wildman–Crippen LogP) is 2.35. The van der Waals surface area contributed by atoms with Crippen molar-refractivity contribution in [1.29, 1.82) is 0 Å². The van der Waals surface area contributed by atoms with Crippen molar-refractivity contribution in [2.75, 3.05) is 19.6 Å². The van der Waals surface area contributed by atoms with E-state index >= 15 is 0 Å². The molecule has 150 valence electrons. The highest BCUT2D eigenvalue weighted by atomic mass is 32.2. The molecule has 1 N–H and O–H groups in total. The molecule has 0 aromatic heterocycles. The molecule has 1 atom stereocenters. The number of sulfonamides is 1. The van der Waals surface area contributed by atoms with Crippen LogP contribution in [0.25, 0.3) is 0 Å². The zero-order valence-corrected chi connectivity index (χ0v) is 17.1. The number of amides is 1. The van der Waals surface area contributed by atoms with E-state index in [1.807, 2.05) is 0 Å². The van der Waals surface area contributed by atoms with Crippen LogP contribution in [0.3, 0.4) is 0 Å². The van der Waals surface area contributed by atoms with E-state index in [0.717, 1.165) is 12.8 Å². The molecule has 1 aromatic rings. The Balaban J connectivity index is 2.39. The third-order valence-electron chi connectivity index (χ3n) is 4.92. The van der Waals surface area contributed by atoms with Crippen LogP contribution >= 0.6 is 0 Å². The molecule has 0 aliphatic heterocycles. The summed E-state index contributed by atoms with van der Waals surface area (Å²) in [5.74, 6) is -1.94. The van der Waals surface area contributed by atoms with E-state index in [-0.39, 0.29) is 23.4 Å². The zero-order chi connectivity index (χ0) is 20.4. The van der Waals surface area contributed by atoms with Crippen LogP contribution in [0.15, 0.2) is 23.1 Å². The van der Waals surface area contributed by atoms with E-state index < -0.39 is 21.9 Å². The third kappa shape index (κ3) is 4.68. The van der Waals surface area contributed by atoms with Gasteiger partial charge in [0.25, 0.3) is 5.91 Å². The number of hydrogen-bond acceptors (Lipinski definition) is 4. The van der Waals surface area contributed by atoms with Crippen LogP contribution in [0, 0.1) is 12.8 Å². The Bertz CT molecular complexity index is 813. The Morgan fingerprint density at radius 2 is 1.81 bits per heavy atom. The minimum Gasteiger partial charge on any atom is -0.481 e. The SMILES string of the molecule is CCN(CC)S(=O)(=O)c1ccc(C)c(C(=O)N(CC(C)C(=O)O)C2CC2)c1. The maximum atomic E-state index is 13.1. The Morgan fingerprint density at radius 3 is 2.30 bits per heavy atom. The first kappa shape index (κ1) is 21.4. The van der Waals surface area contributed by atoms with Crippen LogP contribution in [0.2, 0.25) is 0 Å². The molecule has 8 heteroatoms. The topological polar surface area (TPSA) is 95.0 Å². The van der Waals surface area contributed by atoms with Crippen molar-refractivity contribution in [3.05, 3.63) is 29.3 Å². The normalized spacial score (nSPS) is 15.6. The van der Waals surface area contributed by atoms with Gasteiger partial charge in [0.2, 0.25) is 10.0 Å². The number of carboxylic acid groups (broad SMARTS) is 1. The van der Waals surface area contributed by atoms with Crippen LogP contribution in [-0.4, -0.2) is 60.3 Å². The van der Waals surface area contributed by atoms with Gasteiger partial charge >= 0.3 is 5.97 Å². The summed E-state index contributed by atoms with van der Waals surface area (Å²) in [6.07, 6.45) is 1.68. The summed E-state index contributed by atoms with van der Waals surface area (Å²) in [7, 11) is -3.67. The molecule has 1 aliphatic carbocycles. The van der Waals surface area contributed by atoms with Gasteiger partial charge in [0, 0.05) is 31.2 Å². The number of carboxylic acids is 1. The third-order valence-corrected chi connectivity index (χ3v) is 6.97. The van der Waals surface area contributed by atoms with Crippen molar-refractivity contribution in [2.45, 2.75) is 51.5 Å². The van der Waals surface area contributed by atoms with Crippen molar-refractivity contribution in [3.63, 3.8) is 0 Å². The fourth-order valence-electron chi connectivity index (χ4n) is 3.02. The van der Waals surface area contributed by atoms with Gasteiger partial charge in [-0.2, -0.15) is 4.31 Å². The number of benzene rings is 1. The smallest absolute Gasteiger partial charge is 0.308 e. The average molecular weight is 397 g/mol. The lowest BCUT2D eigenvalue weighted by Crippen LogP contribution is -2.39. The van der Waals surface area contributed by atoms with Gasteiger partial charge in [0.15, 0.2) is 0 Å². The highest BCUT2D eigenvalue weighted by Gasteiger charge is 2.36. The number of hydrogen-bond donors (Lipinski definition) is 1. The summed E-state index contributed by atoms with van der Waals surface area (Å²) in [5.41, 5.74) is 0.986. The minimum absolute atomic E-state index is 0.0294. The molecule has 7 nitrogen and oxygen atoms in total. The molecule has 1 aromatic carbocycles. The molecule has 0 saturated heterocycles. The largest absolute Gasteiger partial charge is 0.481 e. The van der Waals surface area contributed by atoms with E-state index in [0.29, 0.717) is 24.2 Å². The van der Waals surface area contributed by atoms with Gasteiger partial charge in [-0.05, 0) is 37.5 Å². The second kappa shape index (κ2) is 8.39. The lowest BCUT2D eigenvalue weighted by atomic mass is 10.1. The van der Waals surface area contributed by atoms with Crippen LogP contribution in [0.1, 0.15) is 49.5 Å². The van der Waals surface area contributed by atoms with Crippen LogP contribution in [0.4, 0.5) is 0 Å². The maximum absolute atomic E-state index is 13.1. The summed E-state index contributed by atoms with van der Waals surface area (Å²) in [4.78, 5) is 26.0. The summed E-state index contributed by atoms with van der Waals surface area (Å²) >= 11 is 0. The standard InChI is InChI=1S/C19H28N2O5S/c1-5-20(6-2)27(25,26)16-10-7-13(3)17(11-16)18(22)21(15-8-9-15)12-14(4)19(23)24/h7,10-11,14-15H,5-6,8-9,12H2,1-4H3,(H,23,24). The van der Waals surface area contributed by atoms with E-state index in [1.54, 1.807) is 38.7 Å². The highest BCUT2D eigenvalue weighted by Crippen LogP contribution is 2.30. The number of nitrogens with zero attached hydrogens (tertiary/aromatic N) is 2. The van der Waals surface area contributed by atoms with Crippen LogP contribution in [0.5, 0.6) is 0 Å². The van der Waals surface area contributed by atoms with E-state index in [4.69, 9.17) is 0 Å². The maximum Gasteiger partial charge on any atom is 0.308 e. The molecule has 0 radical (unpaired) electrons. The lowest BCUT2D eigenvalue weighted by Gasteiger charge is -2.26. The molecule has 1 unspecified atom stereocenters. The first-order valence-corrected chi connectivity index (χ1v) is 10.7. The number of aryl methyl sites for hydroxylation is 1. The van der Waals surface area contributed by atoms with Gasteiger partial charge in [-0.15, -0.1) is 0 Å². The lowest BCUT2D eigenvalue weighted by molar-refractivity contribution is -0.141. The highest BCUT2D eigenvalue weighted by molar-refractivity contribution is 7.89. The molecular formula is C19H28N2O5S. The second-order valence-corrected chi connectivity index (χ2v) is 8.93. The fraction of sp³-hybridized carbons (Fsp3) is 0.579.